The smallest absolute Gasteiger partial charge is 0.262 e. The van der Waals surface area contributed by atoms with E-state index < -0.39 is 11.6 Å². The average Bonchev–Trinajstić information content (AvgIpc) is 3.08. The van der Waals surface area contributed by atoms with Crippen molar-refractivity contribution in [3.05, 3.63) is 66.0 Å². The van der Waals surface area contributed by atoms with Crippen LogP contribution in [0, 0.1) is 11.6 Å². The maximum atomic E-state index is 13.8. The molecule has 2 heterocycles. The van der Waals surface area contributed by atoms with Crippen LogP contribution in [-0.4, -0.2) is 22.3 Å². The number of carbonyl (C=O) groups excluding carboxylic acids is 1. The summed E-state index contributed by atoms with van der Waals surface area (Å²) in [5.41, 5.74) is 0.660. The molecule has 26 heavy (non-hydrogen) atoms. The van der Waals surface area contributed by atoms with Gasteiger partial charge in [-0.25, -0.2) is 13.5 Å². The second-order valence-electron chi connectivity index (χ2n) is 5.58. The number of nitrogens with one attached hydrogen (secondary N) is 1. The number of ether oxygens (including phenoxy) is 2. The van der Waals surface area contributed by atoms with Crippen LogP contribution in [-0.2, 0) is 11.4 Å². The summed E-state index contributed by atoms with van der Waals surface area (Å²) >= 11 is 0. The molecule has 0 radical (unpaired) electrons. The lowest BCUT2D eigenvalue weighted by Crippen LogP contribution is -2.25. The SMILES string of the molecule is O=C1COc2cccc(OCc3ccn(-c4c(F)cccc4F)n3)c2N1. The molecule has 1 aliphatic heterocycles. The molecule has 1 aliphatic rings. The lowest BCUT2D eigenvalue weighted by atomic mass is 10.2. The summed E-state index contributed by atoms with van der Waals surface area (Å²) in [5, 5.41) is 6.83. The molecule has 4 rings (SSSR count). The van der Waals surface area contributed by atoms with Gasteiger partial charge in [0.2, 0.25) is 0 Å². The third kappa shape index (κ3) is 2.97. The molecule has 0 saturated carbocycles. The Morgan fingerprint density at radius 1 is 1.15 bits per heavy atom. The van der Waals surface area contributed by atoms with Crippen molar-refractivity contribution >= 4 is 11.6 Å². The van der Waals surface area contributed by atoms with Crippen molar-refractivity contribution < 1.29 is 23.0 Å². The summed E-state index contributed by atoms with van der Waals surface area (Å²) in [4.78, 5) is 11.5. The van der Waals surface area contributed by atoms with E-state index in [0.717, 1.165) is 16.8 Å². The van der Waals surface area contributed by atoms with Crippen LogP contribution in [0.3, 0.4) is 0 Å². The van der Waals surface area contributed by atoms with E-state index in [0.29, 0.717) is 22.9 Å². The Kier molecular flexibility index (Phi) is 4.00. The first-order valence-electron chi connectivity index (χ1n) is 7.79. The van der Waals surface area contributed by atoms with E-state index in [1.807, 2.05) is 0 Å². The number of fused-ring (bicyclic) bond motifs is 1. The van der Waals surface area contributed by atoms with Gasteiger partial charge in [0.05, 0.1) is 0 Å². The Hall–Kier alpha value is -3.42. The van der Waals surface area contributed by atoms with Gasteiger partial charge in [-0.1, -0.05) is 12.1 Å². The lowest BCUT2D eigenvalue weighted by Gasteiger charge is -2.20. The van der Waals surface area contributed by atoms with E-state index in [4.69, 9.17) is 9.47 Å². The van der Waals surface area contributed by atoms with Crippen LogP contribution in [0.15, 0.2) is 48.7 Å². The fraction of sp³-hybridized carbons (Fsp3) is 0.111. The first-order chi connectivity index (χ1) is 12.6. The minimum absolute atomic E-state index is 0.0466. The highest BCUT2D eigenvalue weighted by atomic mass is 19.1. The molecule has 6 nitrogen and oxygen atoms in total. The molecule has 1 aromatic heterocycles. The van der Waals surface area contributed by atoms with E-state index in [1.165, 1.54) is 12.3 Å². The topological polar surface area (TPSA) is 65.4 Å². The van der Waals surface area contributed by atoms with Gasteiger partial charge in [0, 0.05) is 6.20 Å². The molecule has 0 bridgehead atoms. The van der Waals surface area contributed by atoms with Gasteiger partial charge >= 0.3 is 0 Å². The zero-order valence-corrected chi connectivity index (χ0v) is 13.4. The number of aromatic nitrogens is 2. The lowest BCUT2D eigenvalue weighted by molar-refractivity contribution is -0.118. The molecule has 1 amide bonds. The molecule has 0 spiro atoms. The summed E-state index contributed by atoms with van der Waals surface area (Å²) in [7, 11) is 0. The van der Waals surface area contributed by atoms with Crippen molar-refractivity contribution in [3.63, 3.8) is 0 Å². The summed E-state index contributed by atoms with van der Waals surface area (Å²) in [6.07, 6.45) is 1.45. The van der Waals surface area contributed by atoms with E-state index in [-0.39, 0.29) is 24.8 Å². The Balaban J connectivity index is 1.54. The molecule has 8 heteroatoms. The Bertz CT molecular complexity index is 967. The van der Waals surface area contributed by atoms with Crippen molar-refractivity contribution in [3.8, 4) is 17.2 Å². The molecule has 132 valence electrons. The van der Waals surface area contributed by atoms with Crippen molar-refractivity contribution in [1.29, 1.82) is 0 Å². The second kappa shape index (κ2) is 6.47. The van der Waals surface area contributed by atoms with Gasteiger partial charge in [0.25, 0.3) is 5.91 Å². The van der Waals surface area contributed by atoms with Crippen LogP contribution in [0.2, 0.25) is 0 Å². The van der Waals surface area contributed by atoms with Gasteiger partial charge in [-0.15, -0.1) is 0 Å². The molecule has 1 N–H and O–H groups in total. The van der Waals surface area contributed by atoms with Gasteiger partial charge in [-0.3, -0.25) is 4.79 Å². The molecular weight excluding hydrogens is 344 g/mol. The molecule has 2 aromatic carbocycles. The monoisotopic (exact) mass is 357 g/mol. The fourth-order valence-electron chi connectivity index (χ4n) is 2.62. The molecule has 0 atom stereocenters. The zero-order valence-electron chi connectivity index (χ0n) is 13.4. The molecular formula is C18H13F2N3O3. The van der Waals surface area contributed by atoms with Crippen molar-refractivity contribution in [2.24, 2.45) is 0 Å². The first-order valence-corrected chi connectivity index (χ1v) is 7.79. The van der Waals surface area contributed by atoms with E-state index in [2.05, 4.69) is 10.4 Å². The number of amides is 1. The minimum atomic E-state index is -0.711. The van der Waals surface area contributed by atoms with Crippen LogP contribution >= 0.6 is 0 Å². The van der Waals surface area contributed by atoms with Crippen LogP contribution < -0.4 is 14.8 Å². The van der Waals surface area contributed by atoms with Crippen LogP contribution in [0.5, 0.6) is 11.5 Å². The fourth-order valence-corrected chi connectivity index (χ4v) is 2.62. The Morgan fingerprint density at radius 2 is 1.92 bits per heavy atom. The van der Waals surface area contributed by atoms with E-state index in [9.17, 15) is 13.6 Å². The van der Waals surface area contributed by atoms with Crippen LogP contribution in [0.1, 0.15) is 5.69 Å². The van der Waals surface area contributed by atoms with Gasteiger partial charge in [0.15, 0.2) is 18.2 Å². The van der Waals surface area contributed by atoms with Crippen LogP contribution in [0.4, 0.5) is 14.5 Å². The van der Waals surface area contributed by atoms with Crippen molar-refractivity contribution in [1.82, 2.24) is 9.78 Å². The Morgan fingerprint density at radius 3 is 2.73 bits per heavy atom. The largest absolute Gasteiger partial charge is 0.485 e. The number of carbonyl (C=O) groups is 1. The van der Waals surface area contributed by atoms with Crippen LogP contribution in [0.25, 0.3) is 5.69 Å². The molecule has 0 aliphatic carbocycles. The van der Waals surface area contributed by atoms with E-state index >= 15 is 0 Å². The normalized spacial score (nSPS) is 12.9. The number of hydrogen-bond donors (Lipinski definition) is 1. The third-order valence-electron chi connectivity index (χ3n) is 3.80. The summed E-state index contributed by atoms with van der Waals surface area (Å²) in [6.45, 7) is 0.00442. The number of hydrogen-bond acceptors (Lipinski definition) is 4. The third-order valence-corrected chi connectivity index (χ3v) is 3.80. The standard InChI is InChI=1S/C18H13F2N3O3/c19-12-3-1-4-13(20)18(12)23-8-7-11(22-23)9-25-14-5-2-6-15-17(14)21-16(24)10-26-15/h1-8H,9-10H2,(H,21,24). The predicted octanol–water partition coefficient (Wildman–Crippen LogP) is 3.06. The van der Waals surface area contributed by atoms with Crippen molar-refractivity contribution in [2.45, 2.75) is 6.61 Å². The highest BCUT2D eigenvalue weighted by molar-refractivity contribution is 5.97. The number of benzene rings is 2. The summed E-state index contributed by atoms with van der Waals surface area (Å²) < 4.78 is 39.8. The zero-order chi connectivity index (χ0) is 18.1. The average molecular weight is 357 g/mol. The number of para-hydroxylation sites is 2. The highest BCUT2D eigenvalue weighted by Crippen LogP contribution is 2.36. The van der Waals surface area contributed by atoms with E-state index in [1.54, 1.807) is 24.3 Å². The van der Waals surface area contributed by atoms with Gasteiger partial charge in [-0.2, -0.15) is 5.10 Å². The number of nitrogens with zero attached hydrogens (tertiary/aromatic N) is 2. The second-order valence-corrected chi connectivity index (χ2v) is 5.58. The van der Waals surface area contributed by atoms with Crippen molar-refractivity contribution in [2.75, 3.05) is 11.9 Å². The first kappa shape index (κ1) is 16.1. The summed E-state index contributed by atoms with van der Waals surface area (Å²) in [5.74, 6) is -0.758. The molecule has 3 aromatic rings. The number of rotatable bonds is 4. The van der Waals surface area contributed by atoms with Gasteiger partial charge in [-0.05, 0) is 30.3 Å². The van der Waals surface area contributed by atoms with Gasteiger partial charge in [0.1, 0.15) is 35.2 Å². The predicted molar refractivity (Wildman–Crippen MR) is 88.4 cm³/mol. The van der Waals surface area contributed by atoms with Gasteiger partial charge < -0.3 is 14.8 Å². The number of anilines is 1. The number of halogens is 2. The highest BCUT2D eigenvalue weighted by Gasteiger charge is 2.20. The summed E-state index contributed by atoms with van der Waals surface area (Å²) in [6, 6.07) is 10.3. The quantitative estimate of drug-likeness (QED) is 0.779. The molecule has 0 saturated heterocycles. The Labute approximate surface area is 147 Å². The maximum absolute atomic E-state index is 13.8. The minimum Gasteiger partial charge on any atom is -0.485 e. The maximum Gasteiger partial charge on any atom is 0.262 e. The molecule has 0 fully saturated rings. The molecule has 0 unspecified atom stereocenters.